The van der Waals surface area contributed by atoms with Crippen molar-refractivity contribution in [3.63, 3.8) is 0 Å². The third-order valence-electron chi connectivity index (χ3n) is 6.99. The zero-order valence-corrected chi connectivity index (χ0v) is 18.9. The number of imide groups is 1. The van der Waals surface area contributed by atoms with Gasteiger partial charge in [-0.05, 0) is 53.7 Å². The maximum atomic E-state index is 13.5. The van der Waals surface area contributed by atoms with Gasteiger partial charge in [-0.15, -0.1) is 11.3 Å². The summed E-state index contributed by atoms with van der Waals surface area (Å²) in [7, 11) is -1.16. The molecule has 2 aromatic heterocycles. The smallest absolute Gasteiger partial charge is 0.461 e. The number of furan rings is 1. The summed E-state index contributed by atoms with van der Waals surface area (Å²) < 4.78 is 11.6. The number of allylic oxidation sites excluding steroid dienone is 2. The number of fused-ring (bicyclic) bond motifs is 3. The fourth-order valence-corrected chi connectivity index (χ4v) is 6.21. The topological polar surface area (TPSA) is 100 Å². The number of aliphatic hydroxyl groups is 1. The summed E-state index contributed by atoms with van der Waals surface area (Å²) in [6.07, 6.45) is 0.356. The number of thiophene rings is 1. The van der Waals surface area contributed by atoms with E-state index >= 15 is 0 Å². The lowest BCUT2D eigenvalue weighted by molar-refractivity contribution is -0.140. The number of hydrogen-bond donors (Lipinski definition) is 2. The van der Waals surface area contributed by atoms with Crippen molar-refractivity contribution in [1.82, 2.24) is 4.90 Å². The van der Waals surface area contributed by atoms with E-state index in [4.69, 9.17) is 9.07 Å². The van der Waals surface area contributed by atoms with Crippen LogP contribution in [0.4, 0.5) is 0 Å². The Morgan fingerprint density at radius 3 is 2.69 bits per heavy atom. The van der Waals surface area contributed by atoms with Crippen molar-refractivity contribution in [3.8, 4) is 0 Å². The minimum absolute atomic E-state index is 0.122. The summed E-state index contributed by atoms with van der Waals surface area (Å²) in [5.41, 5.74) is 1.77. The highest BCUT2D eigenvalue weighted by Crippen LogP contribution is 2.52. The molecule has 0 aromatic carbocycles. The number of rotatable bonds is 5. The van der Waals surface area contributed by atoms with Crippen LogP contribution in [-0.2, 0) is 27.4 Å². The van der Waals surface area contributed by atoms with E-state index in [2.05, 4.69) is 0 Å². The van der Waals surface area contributed by atoms with E-state index in [9.17, 15) is 19.7 Å². The van der Waals surface area contributed by atoms with Gasteiger partial charge in [0.25, 0.3) is 0 Å². The molecule has 168 valence electrons. The molecule has 9 heteroatoms. The lowest BCUT2D eigenvalue weighted by atomic mass is 9.54. The van der Waals surface area contributed by atoms with E-state index in [1.54, 1.807) is 12.1 Å². The maximum Gasteiger partial charge on any atom is 0.487 e. The monoisotopic (exact) mass is 455 g/mol. The molecular weight excluding hydrogens is 429 g/mol. The van der Waals surface area contributed by atoms with Gasteiger partial charge in [-0.3, -0.25) is 14.5 Å². The quantitative estimate of drug-likeness (QED) is 0.531. The molecular formula is C23H26BNO6S. The average Bonchev–Trinajstić information content (AvgIpc) is 3.50. The minimum Gasteiger partial charge on any atom is -0.461 e. The van der Waals surface area contributed by atoms with Crippen LogP contribution in [-0.4, -0.2) is 34.0 Å². The number of likely N-dealkylation sites (tertiary alicyclic amines) is 1. The molecule has 4 atom stereocenters. The van der Waals surface area contributed by atoms with Crippen LogP contribution in [0, 0.1) is 23.7 Å². The molecule has 2 N–H and O–H groups in total. The van der Waals surface area contributed by atoms with Crippen molar-refractivity contribution < 1.29 is 28.8 Å². The lowest BCUT2D eigenvalue weighted by Crippen LogP contribution is -2.45. The molecule has 2 saturated heterocycles. The number of nitrogens with zero attached hydrogens (tertiary/aromatic N) is 1. The van der Waals surface area contributed by atoms with Gasteiger partial charge in [0.2, 0.25) is 11.8 Å². The Morgan fingerprint density at radius 2 is 2.03 bits per heavy atom. The summed E-state index contributed by atoms with van der Waals surface area (Å²) in [5, 5.41) is 22.3. The highest BCUT2D eigenvalue weighted by atomic mass is 32.1. The summed E-state index contributed by atoms with van der Waals surface area (Å²) in [6.45, 7) is 4.16. The molecule has 0 bridgehead atoms. The van der Waals surface area contributed by atoms with Crippen LogP contribution >= 0.6 is 11.3 Å². The molecule has 0 unspecified atom stereocenters. The van der Waals surface area contributed by atoms with E-state index in [-0.39, 0.29) is 30.3 Å². The average molecular weight is 455 g/mol. The van der Waals surface area contributed by atoms with Gasteiger partial charge in [-0.2, -0.15) is 0 Å². The molecule has 0 radical (unpaired) electrons. The normalized spacial score (nSPS) is 28.0. The van der Waals surface area contributed by atoms with E-state index in [0.717, 1.165) is 15.9 Å². The predicted octanol–water partition coefficient (Wildman–Crippen LogP) is 3.09. The summed E-state index contributed by atoms with van der Waals surface area (Å²) >= 11 is 1.53. The molecule has 1 aliphatic carbocycles. The summed E-state index contributed by atoms with van der Waals surface area (Å²) in [4.78, 5) is 29.2. The molecule has 2 amide bonds. The first-order valence-corrected chi connectivity index (χ1v) is 11.9. The van der Waals surface area contributed by atoms with Gasteiger partial charge in [0, 0.05) is 4.88 Å². The van der Waals surface area contributed by atoms with Gasteiger partial charge in [0.05, 0.1) is 18.4 Å². The molecule has 3 aliphatic rings. The fourth-order valence-electron chi connectivity index (χ4n) is 5.52. The van der Waals surface area contributed by atoms with Gasteiger partial charge in [-0.25, -0.2) is 0 Å². The summed E-state index contributed by atoms with van der Waals surface area (Å²) in [5.74, 6) is -0.455. The Kier molecular flexibility index (Phi) is 5.61. The summed E-state index contributed by atoms with van der Waals surface area (Å²) in [6, 6.07) is 7.25. The number of hydrogen-bond acceptors (Lipinski definition) is 7. The Hall–Kier alpha value is -2.20. The Labute approximate surface area is 190 Å². The Balaban J connectivity index is 1.51. The van der Waals surface area contributed by atoms with Crippen LogP contribution in [0.2, 0.25) is 0 Å². The van der Waals surface area contributed by atoms with Gasteiger partial charge in [0.15, 0.2) is 0 Å². The molecule has 0 saturated carbocycles. The second-order valence-corrected chi connectivity index (χ2v) is 10.1. The van der Waals surface area contributed by atoms with E-state index in [1.807, 2.05) is 31.4 Å². The number of amides is 2. The van der Waals surface area contributed by atoms with Gasteiger partial charge >= 0.3 is 7.12 Å². The highest BCUT2D eigenvalue weighted by Gasteiger charge is 2.58. The minimum atomic E-state index is -1.16. The van der Waals surface area contributed by atoms with Gasteiger partial charge in [0.1, 0.15) is 24.2 Å². The van der Waals surface area contributed by atoms with Crippen LogP contribution in [0.1, 0.15) is 49.2 Å². The van der Waals surface area contributed by atoms with Gasteiger partial charge in [-0.1, -0.05) is 25.5 Å². The van der Waals surface area contributed by atoms with Crippen LogP contribution in [0.5, 0.6) is 0 Å². The lowest BCUT2D eigenvalue weighted by Gasteiger charge is -2.42. The van der Waals surface area contributed by atoms with E-state index < -0.39 is 25.1 Å². The van der Waals surface area contributed by atoms with Crippen molar-refractivity contribution in [2.24, 2.45) is 23.7 Å². The zero-order chi connectivity index (χ0) is 22.6. The molecule has 2 aromatic rings. The second-order valence-electron chi connectivity index (χ2n) is 9.10. The van der Waals surface area contributed by atoms with Crippen molar-refractivity contribution in [3.05, 3.63) is 57.1 Å². The largest absolute Gasteiger partial charge is 0.487 e. The maximum absolute atomic E-state index is 13.5. The molecule has 7 nitrogen and oxygen atoms in total. The SMILES string of the molecule is CC(C)C1=C2B(O)O[C@H](c3ccc(CO)o3)C[C@H]2[C@H]2C(=O)N(Cc3cccs3)C(=O)[C@H]2C1. The fraction of sp³-hybridized carbons (Fsp3) is 0.478. The molecule has 5 rings (SSSR count). The standard InChI is InChI=1S/C23H26BNO6S/c1-12(2)15-8-17-20(23(28)25(22(17)27)10-14-4-3-7-32-14)16-9-19(31-24(29)21(15)16)18-6-5-13(11-26)30-18/h3-7,12,16-17,19-20,26,29H,8-11H2,1-2H3/t16-,17-,19-,20+/m0/s1. The van der Waals surface area contributed by atoms with Crippen molar-refractivity contribution in [2.45, 2.75) is 45.9 Å². The van der Waals surface area contributed by atoms with Crippen LogP contribution < -0.4 is 0 Å². The number of carbonyl (C=O) groups excluding carboxylic acids is 2. The molecule has 2 fully saturated rings. The van der Waals surface area contributed by atoms with Crippen LogP contribution in [0.3, 0.4) is 0 Å². The Bertz CT molecular complexity index is 1060. The molecule has 4 heterocycles. The highest BCUT2D eigenvalue weighted by molar-refractivity contribution is 7.09. The van der Waals surface area contributed by atoms with Crippen LogP contribution in [0.25, 0.3) is 0 Å². The Morgan fingerprint density at radius 1 is 1.22 bits per heavy atom. The molecule has 2 aliphatic heterocycles. The molecule has 0 spiro atoms. The van der Waals surface area contributed by atoms with Crippen molar-refractivity contribution in [1.29, 1.82) is 0 Å². The van der Waals surface area contributed by atoms with E-state index in [1.165, 1.54) is 16.2 Å². The third-order valence-corrected chi connectivity index (χ3v) is 7.85. The third kappa shape index (κ3) is 3.48. The first kappa shape index (κ1) is 21.6. The zero-order valence-electron chi connectivity index (χ0n) is 18.1. The van der Waals surface area contributed by atoms with Gasteiger partial charge < -0.3 is 19.2 Å². The number of aliphatic hydroxyl groups excluding tert-OH is 1. The first-order valence-electron chi connectivity index (χ1n) is 11.0. The van der Waals surface area contributed by atoms with E-state index in [0.29, 0.717) is 30.9 Å². The second kappa shape index (κ2) is 8.30. The van der Waals surface area contributed by atoms with Crippen molar-refractivity contribution >= 4 is 30.3 Å². The molecule has 32 heavy (non-hydrogen) atoms. The number of carbonyl (C=O) groups is 2. The van der Waals surface area contributed by atoms with Crippen molar-refractivity contribution in [2.75, 3.05) is 0 Å². The predicted molar refractivity (Wildman–Crippen MR) is 118 cm³/mol. The van der Waals surface area contributed by atoms with Crippen LogP contribution in [0.15, 0.2) is 45.1 Å². The first-order chi connectivity index (χ1) is 15.4.